The number of hydrogen-bond donors (Lipinski definition) is 2. The van der Waals surface area contributed by atoms with Crippen molar-refractivity contribution >= 4 is 21.8 Å². The number of oxazole rings is 1. The van der Waals surface area contributed by atoms with Crippen molar-refractivity contribution in [3.05, 3.63) is 36.9 Å². The van der Waals surface area contributed by atoms with E-state index in [4.69, 9.17) is 9.56 Å². The molecule has 2 heterocycles. The molecule has 1 fully saturated rings. The van der Waals surface area contributed by atoms with Crippen LogP contribution in [0.5, 0.6) is 0 Å². The van der Waals surface area contributed by atoms with E-state index in [1.54, 1.807) is 18.3 Å². The molecule has 0 aliphatic carbocycles. The van der Waals surface area contributed by atoms with Crippen LogP contribution in [0.2, 0.25) is 0 Å². The number of carbonyl (C=O) groups excluding carboxylic acids is 1. The number of nitrogens with two attached hydrogens (primary N) is 1. The molecule has 1 aliphatic rings. The third-order valence-electron chi connectivity index (χ3n) is 4.03. The van der Waals surface area contributed by atoms with Crippen LogP contribution >= 0.6 is 0 Å². The summed E-state index contributed by atoms with van der Waals surface area (Å²) in [6, 6.07) is 7.27. The molecule has 1 aromatic carbocycles. The van der Waals surface area contributed by atoms with Crippen LogP contribution in [0.4, 0.5) is 5.69 Å². The topological polar surface area (TPSA) is 119 Å². The largest absolute Gasteiger partial charge is 0.444 e. The molecule has 0 unspecified atom stereocenters. The summed E-state index contributed by atoms with van der Waals surface area (Å²) < 4.78 is 29.0. The van der Waals surface area contributed by atoms with Crippen molar-refractivity contribution < 1.29 is 17.6 Å². The molecule has 24 heavy (non-hydrogen) atoms. The van der Waals surface area contributed by atoms with E-state index in [0.717, 1.165) is 5.56 Å². The first-order chi connectivity index (χ1) is 11.4. The lowest BCUT2D eigenvalue weighted by Gasteiger charge is -2.29. The maximum atomic E-state index is 12.4. The van der Waals surface area contributed by atoms with Crippen molar-refractivity contribution in [3.8, 4) is 11.3 Å². The van der Waals surface area contributed by atoms with Crippen LogP contribution < -0.4 is 10.5 Å². The number of piperidine rings is 1. The van der Waals surface area contributed by atoms with Crippen LogP contribution in [0, 0.1) is 5.92 Å². The molecule has 1 aromatic heterocycles. The number of rotatable bonds is 4. The Labute approximate surface area is 139 Å². The van der Waals surface area contributed by atoms with Gasteiger partial charge >= 0.3 is 0 Å². The highest BCUT2D eigenvalue weighted by Gasteiger charge is 2.29. The maximum absolute atomic E-state index is 12.4. The summed E-state index contributed by atoms with van der Waals surface area (Å²) in [5.74, 6) is 0.253. The van der Waals surface area contributed by atoms with Crippen molar-refractivity contribution in [2.24, 2.45) is 11.1 Å². The van der Waals surface area contributed by atoms with Gasteiger partial charge in [-0.3, -0.25) is 4.79 Å². The van der Waals surface area contributed by atoms with Gasteiger partial charge < -0.3 is 9.73 Å². The fraction of sp³-hybridized carbons (Fsp3) is 0.333. The fourth-order valence-corrected chi connectivity index (χ4v) is 3.45. The Bertz CT molecular complexity index is 812. The molecule has 0 bridgehead atoms. The van der Waals surface area contributed by atoms with Gasteiger partial charge in [-0.25, -0.2) is 10.1 Å². The summed E-state index contributed by atoms with van der Waals surface area (Å²) in [4.78, 5) is 16.2. The van der Waals surface area contributed by atoms with E-state index in [1.807, 2.05) is 12.1 Å². The van der Waals surface area contributed by atoms with E-state index in [-0.39, 0.29) is 24.9 Å². The number of nitrogens with zero attached hydrogens (tertiary/aromatic N) is 2. The van der Waals surface area contributed by atoms with Gasteiger partial charge in [-0.05, 0) is 25.0 Å². The second-order valence-electron chi connectivity index (χ2n) is 5.65. The number of benzene rings is 1. The molecule has 2 aromatic rings. The van der Waals surface area contributed by atoms with Gasteiger partial charge in [0.05, 0.1) is 6.20 Å². The lowest BCUT2D eigenvalue weighted by Crippen LogP contribution is -2.44. The highest BCUT2D eigenvalue weighted by molar-refractivity contribution is 7.86. The molecular formula is C15H18N4O4S. The highest BCUT2D eigenvalue weighted by atomic mass is 32.2. The molecule has 0 radical (unpaired) electrons. The first-order valence-corrected chi connectivity index (χ1v) is 9.01. The number of carbonyl (C=O) groups is 1. The normalized spacial score (nSPS) is 16.9. The van der Waals surface area contributed by atoms with Crippen LogP contribution in [0.25, 0.3) is 11.3 Å². The summed E-state index contributed by atoms with van der Waals surface area (Å²) in [5.41, 5.74) is 1.47. The molecule has 128 valence electrons. The average Bonchev–Trinajstić information content (AvgIpc) is 3.09. The minimum Gasteiger partial charge on any atom is -0.444 e. The number of nitrogens with one attached hydrogen (secondary N) is 1. The van der Waals surface area contributed by atoms with Crippen LogP contribution in [0.15, 0.2) is 41.3 Å². The summed E-state index contributed by atoms with van der Waals surface area (Å²) in [6.07, 6.45) is 3.85. The van der Waals surface area contributed by atoms with Crippen LogP contribution in [-0.2, 0) is 15.0 Å². The molecule has 1 amide bonds. The number of amides is 1. The van der Waals surface area contributed by atoms with Crippen molar-refractivity contribution in [1.29, 1.82) is 0 Å². The SMILES string of the molecule is NS(=O)(=O)N1CCC(C(=O)Nc2cccc(-c3cnco3)c2)CC1. The Morgan fingerprint density at radius 2 is 2.08 bits per heavy atom. The van der Waals surface area contributed by atoms with E-state index >= 15 is 0 Å². The zero-order chi connectivity index (χ0) is 17.2. The quantitative estimate of drug-likeness (QED) is 0.859. The Balaban J connectivity index is 1.63. The molecule has 8 nitrogen and oxygen atoms in total. The Hall–Kier alpha value is -2.23. The predicted molar refractivity (Wildman–Crippen MR) is 88.0 cm³/mol. The third kappa shape index (κ3) is 3.81. The summed E-state index contributed by atoms with van der Waals surface area (Å²) in [7, 11) is -3.68. The highest BCUT2D eigenvalue weighted by Crippen LogP contribution is 2.24. The van der Waals surface area contributed by atoms with Gasteiger partial charge in [0, 0.05) is 30.3 Å². The Morgan fingerprint density at radius 1 is 1.33 bits per heavy atom. The molecule has 1 saturated heterocycles. The van der Waals surface area contributed by atoms with Gasteiger partial charge in [-0.15, -0.1) is 0 Å². The van der Waals surface area contributed by atoms with Crippen LogP contribution in [0.1, 0.15) is 12.8 Å². The summed E-state index contributed by atoms with van der Waals surface area (Å²) in [5, 5.41) is 7.97. The molecule has 9 heteroatoms. The van der Waals surface area contributed by atoms with Crippen molar-refractivity contribution in [1.82, 2.24) is 9.29 Å². The monoisotopic (exact) mass is 350 g/mol. The van der Waals surface area contributed by atoms with Gasteiger partial charge in [0.1, 0.15) is 0 Å². The van der Waals surface area contributed by atoms with E-state index < -0.39 is 10.2 Å². The molecule has 0 saturated carbocycles. The van der Waals surface area contributed by atoms with E-state index in [2.05, 4.69) is 10.3 Å². The zero-order valence-corrected chi connectivity index (χ0v) is 13.7. The third-order valence-corrected chi connectivity index (χ3v) is 5.12. The average molecular weight is 350 g/mol. The zero-order valence-electron chi connectivity index (χ0n) is 12.9. The Kier molecular flexibility index (Phi) is 4.65. The number of anilines is 1. The van der Waals surface area contributed by atoms with Gasteiger partial charge in [-0.2, -0.15) is 12.7 Å². The van der Waals surface area contributed by atoms with Crippen molar-refractivity contribution in [2.75, 3.05) is 18.4 Å². The smallest absolute Gasteiger partial charge is 0.276 e. The first-order valence-electron chi connectivity index (χ1n) is 7.51. The number of hydrogen-bond acceptors (Lipinski definition) is 5. The maximum Gasteiger partial charge on any atom is 0.276 e. The second kappa shape index (κ2) is 6.71. The molecule has 0 spiro atoms. The molecule has 0 atom stereocenters. The van der Waals surface area contributed by atoms with E-state index in [9.17, 15) is 13.2 Å². The minimum atomic E-state index is -3.68. The second-order valence-corrected chi connectivity index (χ2v) is 7.20. The molecule has 3 N–H and O–H groups in total. The summed E-state index contributed by atoms with van der Waals surface area (Å²) in [6.45, 7) is 0.518. The minimum absolute atomic E-state index is 0.126. The van der Waals surface area contributed by atoms with Crippen molar-refractivity contribution in [2.45, 2.75) is 12.8 Å². The van der Waals surface area contributed by atoms with E-state index in [0.29, 0.717) is 24.3 Å². The lowest BCUT2D eigenvalue weighted by molar-refractivity contribution is -0.120. The Morgan fingerprint density at radius 3 is 2.71 bits per heavy atom. The van der Waals surface area contributed by atoms with Gasteiger partial charge in [-0.1, -0.05) is 12.1 Å². The van der Waals surface area contributed by atoms with Gasteiger partial charge in [0.25, 0.3) is 10.2 Å². The van der Waals surface area contributed by atoms with Crippen LogP contribution in [-0.4, -0.2) is 36.7 Å². The first kappa shape index (κ1) is 16.6. The van der Waals surface area contributed by atoms with Crippen molar-refractivity contribution in [3.63, 3.8) is 0 Å². The molecular weight excluding hydrogens is 332 g/mol. The number of aromatic nitrogens is 1. The van der Waals surface area contributed by atoms with Crippen LogP contribution in [0.3, 0.4) is 0 Å². The summed E-state index contributed by atoms with van der Waals surface area (Å²) >= 11 is 0. The van der Waals surface area contributed by atoms with Gasteiger partial charge in [0.15, 0.2) is 12.2 Å². The standard InChI is InChI=1S/C15H18N4O4S/c16-24(21,22)19-6-4-11(5-7-19)15(20)18-13-3-1-2-12(8-13)14-9-17-10-23-14/h1-3,8-11H,4-7H2,(H,18,20)(H2,16,21,22). The molecule has 3 rings (SSSR count). The van der Waals surface area contributed by atoms with Gasteiger partial charge in [0.2, 0.25) is 5.91 Å². The lowest BCUT2D eigenvalue weighted by atomic mass is 9.97. The predicted octanol–water partition coefficient (Wildman–Crippen LogP) is 1.20. The van der Waals surface area contributed by atoms with E-state index in [1.165, 1.54) is 10.7 Å². The molecule has 1 aliphatic heterocycles. The fourth-order valence-electron chi connectivity index (χ4n) is 2.73.